The largest absolute Gasteiger partial charge is 0.756 e. The Morgan fingerprint density at radius 2 is 0.864 bits per heavy atom. The zero-order valence-corrected chi connectivity index (χ0v) is 43.5. The van der Waals surface area contributed by atoms with Gasteiger partial charge in [-0.1, -0.05) is 201 Å². The number of carbonyl (C=O) groups excluding carboxylic acids is 2. The highest BCUT2D eigenvalue weighted by atomic mass is 31.2. The lowest BCUT2D eigenvalue weighted by Crippen LogP contribution is -2.37. The van der Waals surface area contributed by atoms with Crippen molar-refractivity contribution < 1.29 is 42.1 Å². The third-order valence-electron chi connectivity index (χ3n) is 10.6. The highest BCUT2D eigenvalue weighted by Gasteiger charge is 2.21. The molecule has 0 aromatic heterocycles. The third-order valence-corrected chi connectivity index (χ3v) is 11.6. The average Bonchev–Trinajstić information content (AvgIpc) is 3.27. The number of phosphoric acid groups is 1. The molecule has 0 aromatic carbocycles. The number of carbonyl (C=O) groups is 2. The molecule has 0 rings (SSSR count). The minimum absolute atomic E-state index is 0.0342. The average molecular weight is 942 g/mol. The first kappa shape index (κ1) is 62.9. The lowest BCUT2D eigenvalue weighted by atomic mass is 10.0. The number of unbranched alkanes of at least 4 members (excludes halogenated alkanes) is 16. The molecular weight excluding hydrogens is 846 g/mol. The molecule has 0 radical (unpaired) electrons. The number of esters is 2. The highest BCUT2D eigenvalue weighted by molar-refractivity contribution is 7.45. The standard InChI is InChI=1S/C56H96NO8P/c1-6-8-10-12-13-14-15-16-17-18-19-20-21-22-23-24-25-26-27-28-29-30-31-32-33-34-35-36-37-38-39-40-41-42-43-45-47-49-56(59)65-54(52-62-55(58)48-46-44-11-9-7-2)53-64-66(60,61)63-51-50-57(3,4)5/h8,10,13-14,16-17,19-20,22-23,25-26,28-29,31-32,54H,6-7,9,11-12,15,18,21,24,27,30,33-53H2,1-5H3/b10-8-,14-13-,17-16-,20-19-,23-22-,26-25-,29-28-,32-31-. The summed E-state index contributed by atoms with van der Waals surface area (Å²) in [7, 11) is 1.15. The van der Waals surface area contributed by atoms with Gasteiger partial charge in [-0.25, -0.2) is 0 Å². The Hall–Kier alpha value is -3.07. The molecule has 0 saturated heterocycles. The van der Waals surface area contributed by atoms with Crippen molar-refractivity contribution >= 4 is 19.8 Å². The quantitative estimate of drug-likeness (QED) is 0.0195. The second kappa shape index (κ2) is 47.0. The maximum absolute atomic E-state index is 12.7. The van der Waals surface area contributed by atoms with E-state index in [-0.39, 0.29) is 26.1 Å². The van der Waals surface area contributed by atoms with Gasteiger partial charge in [0.15, 0.2) is 6.10 Å². The summed E-state index contributed by atoms with van der Waals surface area (Å²) in [5, 5.41) is 0. The van der Waals surface area contributed by atoms with Gasteiger partial charge < -0.3 is 27.9 Å². The Labute approximate surface area is 404 Å². The van der Waals surface area contributed by atoms with Crippen molar-refractivity contribution in [3.63, 3.8) is 0 Å². The predicted molar refractivity (Wildman–Crippen MR) is 277 cm³/mol. The van der Waals surface area contributed by atoms with Gasteiger partial charge in [-0.05, 0) is 77.0 Å². The monoisotopic (exact) mass is 942 g/mol. The van der Waals surface area contributed by atoms with Gasteiger partial charge in [0.05, 0.1) is 27.7 Å². The molecule has 0 N–H and O–H groups in total. The van der Waals surface area contributed by atoms with E-state index in [1.165, 1.54) is 57.8 Å². The van der Waals surface area contributed by atoms with Crippen molar-refractivity contribution in [1.82, 2.24) is 0 Å². The summed E-state index contributed by atoms with van der Waals surface area (Å²) in [6.45, 7) is 4.00. The van der Waals surface area contributed by atoms with E-state index >= 15 is 0 Å². The Bertz CT molecular complexity index is 1440. The van der Waals surface area contributed by atoms with E-state index in [1.807, 2.05) is 21.1 Å². The molecule has 0 aliphatic carbocycles. The van der Waals surface area contributed by atoms with Gasteiger partial charge in [0, 0.05) is 12.8 Å². The van der Waals surface area contributed by atoms with E-state index in [4.69, 9.17) is 18.5 Å². The second-order valence-corrected chi connectivity index (χ2v) is 19.6. The van der Waals surface area contributed by atoms with Crippen LogP contribution in [0.3, 0.4) is 0 Å². The van der Waals surface area contributed by atoms with Crippen LogP contribution in [0.25, 0.3) is 0 Å². The number of phosphoric ester groups is 1. The van der Waals surface area contributed by atoms with Gasteiger partial charge in [-0.3, -0.25) is 14.2 Å². The lowest BCUT2D eigenvalue weighted by Gasteiger charge is -2.28. The molecule has 0 heterocycles. The van der Waals surface area contributed by atoms with E-state index in [1.54, 1.807) is 0 Å². The third kappa shape index (κ3) is 50.3. The molecule has 66 heavy (non-hydrogen) atoms. The van der Waals surface area contributed by atoms with Crippen molar-refractivity contribution in [2.75, 3.05) is 47.5 Å². The van der Waals surface area contributed by atoms with Crippen LogP contribution in [0.15, 0.2) is 97.2 Å². The lowest BCUT2D eigenvalue weighted by molar-refractivity contribution is -0.870. The normalized spacial score (nSPS) is 14.2. The molecule has 0 amide bonds. The molecule has 2 unspecified atom stereocenters. The van der Waals surface area contributed by atoms with Crippen molar-refractivity contribution in [2.45, 2.75) is 200 Å². The molecule has 0 aliphatic rings. The van der Waals surface area contributed by atoms with Crippen LogP contribution in [0.2, 0.25) is 0 Å². The first-order valence-corrected chi connectivity index (χ1v) is 27.4. The van der Waals surface area contributed by atoms with Gasteiger partial charge >= 0.3 is 11.9 Å². The molecule has 0 bridgehead atoms. The number of likely N-dealkylation sites (N-methyl/N-ethyl adjacent to an activating group) is 1. The fourth-order valence-corrected chi connectivity index (χ4v) is 7.34. The van der Waals surface area contributed by atoms with E-state index in [0.717, 1.165) is 103 Å². The molecule has 0 saturated carbocycles. The molecule has 0 aromatic rings. The highest BCUT2D eigenvalue weighted by Crippen LogP contribution is 2.38. The predicted octanol–water partition coefficient (Wildman–Crippen LogP) is 15.1. The van der Waals surface area contributed by atoms with E-state index < -0.39 is 32.5 Å². The molecule has 0 fully saturated rings. The zero-order chi connectivity index (χ0) is 48.5. The number of nitrogens with zero attached hydrogens (tertiary/aromatic N) is 1. The maximum atomic E-state index is 12.7. The van der Waals surface area contributed by atoms with Gasteiger partial charge in [0.2, 0.25) is 0 Å². The summed E-state index contributed by atoms with van der Waals surface area (Å²) in [5.74, 6) is -0.855. The van der Waals surface area contributed by atoms with Crippen molar-refractivity contribution in [1.29, 1.82) is 0 Å². The summed E-state index contributed by atoms with van der Waals surface area (Å²) in [5.41, 5.74) is 0. The number of quaternary nitrogens is 1. The number of allylic oxidation sites excluding steroid dienone is 16. The van der Waals surface area contributed by atoms with E-state index in [9.17, 15) is 19.0 Å². The van der Waals surface area contributed by atoms with Crippen LogP contribution in [0.1, 0.15) is 194 Å². The molecule has 0 spiro atoms. The summed E-state index contributed by atoms with van der Waals surface area (Å²) >= 11 is 0. The van der Waals surface area contributed by atoms with Crippen LogP contribution in [0, 0.1) is 0 Å². The Balaban J connectivity index is 3.94. The van der Waals surface area contributed by atoms with Crippen molar-refractivity contribution in [3.05, 3.63) is 97.2 Å². The van der Waals surface area contributed by atoms with Crippen molar-refractivity contribution in [3.8, 4) is 0 Å². The number of hydrogen-bond donors (Lipinski definition) is 0. The smallest absolute Gasteiger partial charge is 0.306 e. The van der Waals surface area contributed by atoms with Crippen LogP contribution in [-0.4, -0.2) is 70.0 Å². The molecular formula is C56H96NO8P. The van der Waals surface area contributed by atoms with Crippen LogP contribution >= 0.6 is 7.82 Å². The number of rotatable bonds is 46. The summed E-state index contributed by atoms with van der Waals surface area (Å²) in [6, 6.07) is 0. The molecule has 2 atom stereocenters. The SMILES string of the molecule is CC/C=C\C/C=C\C/C=C\C/C=C\C/C=C\C/C=C\C/C=C\C/C=C\CCCCCCCCCCCCCCC(=O)OC(COC(=O)CCCCCCC)COP(=O)([O-])OCC[N+](C)(C)C. The maximum Gasteiger partial charge on any atom is 0.306 e. The van der Waals surface area contributed by atoms with Crippen LogP contribution in [0.5, 0.6) is 0 Å². The van der Waals surface area contributed by atoms with Crippen LogP contribution in [-0.2, 0) is 32.7 Å². The Morgan fingerprint density at radius 1 is 0.485 bits per heavy atom. The molecule has 9 nitrogen and oxygen atoms in total. The zero-order valence-electron chi connectivity index (χ0n) is 42.6. The fraction of sp³-hybridized carbons (Fsp3) is 0.679. The number of ether oxygens (including phenoxy) is 2. The Morgan fingerprint density at radius 3 is 1.29 bits per heavy atom. The molecule has 378 valence electrons. The first-order chi connectivity index (χ1) is 32.0. The minimum Gasteiger partial charge on any atom is -0.756 e. The molecule has 10 heteroatoms. The molecule has 0 aliphatic heterocycles. The Kier molecular flexibility index (Phi) is 44.8. The second-order valence-electron chi connectivity index (χ2n) is 18.2. The summed E-state index contributed by atoms with van der Waals surface area (Å²) < 4.78 is 33.7. The van der Waals surface area contributed by atoms with Gasteiger partial charge in [-0.15, -0.1) is 0 Å². The van der Waals surface area contributed by atoms with Crippen molar-refractivity contribution in [2.24, 2.45) is 0 Å². The first-order valence-electron chi connectivity index (χ1n) is 25.9. The van der Waals surface area contributed by atoms with Gasteiger partial charge in [-0.2, -0.15) is 0 Å². The van der Waals surface area contributed by atoms with E-state index in [2.05, 4.69) is 111 Å². The fourth-order valence-electron chi connectivity index (χ4n) is 6.61. The summed E-state index contributed by atoms with van der Waals surface area (Å²) in [6.07, 6.45) is 63.7. The topological polar surface area (TPSA) is 111 Å². The van der Waals surface area contributed by atoms with Crippen LogP contribution in [0.4, 0.5) is 0 Å². The van der Waals surface area contributed by atoms with Gasteiger partial charge in [0.25, 0.3) is 7.82 Å². The van der Waals surface area contributed by atoms with Gasteiger partial charge in [0.1, 0.15) is 19.8 Å². The minimum atomic E-state index is -4.62. The number of hydrogen-bond acceptors (Lipinski definition) is 8. The van der Waals surface area contributed by atoms with Crippen LogP contribution < -0.4 is 4.89 Å². The van der Waals surface area contributed by atoms with E-state index in [0.29, 0.717) is 17.4 Å². The summed E-state index contributed by atoms with van der Waals surface area (Å²) in [4.78, 5) is 37.3.